The van der Waals surface area contributed by atoms with E-state index in [1.54, 1.807) is 24.3 Å². The van der Waals surface area contributed by atoms with Crippen molar-refractivity contribution in [1.82, 2.24) is 9.88 Å². The van der Waals surface area contributed by atoms with Gasteiger partial charge in [-0.25, -0.2) is 0 Å². The summed E-state index contributed by atoms with van der Waals surface area (Å²) in [4.78, 5) is 30.2. The number of rotatable bonds is 4. The number of H-pyrrole nitrogens is 1. The topological polar surface area (TPSA) is 65.2 Å². The number of nitrogens with one attached hydrogen (secondary N) is 2. The maximum Gasteiger partial charge on any atom is 0.253 e. The largest absolute Gasteiger partial charge is 0.361 e. The summed E-state index contributed by atoms with van der Waals surface area (Å²) < 4.78 is 0. The van der Waals surface area contributed by atoms with Crippen LogP contribution in [-0.2, 0) is 11.2 Å². The van der Waals surface area contributed by atoms with Crippen LogP contribution >= 0.6 is 0 Å². The Hall–Kier alpha value is -3.08. The molecule has 28 heavy (non-hydrogen) atoms. The Morgan fingerprint density at radius 2 is 1.64 bits per heavy atom. The molecule has 0 atom stereocenters. The second-order valence-corrected chi connectivity index (χ2v) is 7.37. The normalized spacial score (nSPS) is 14.6. The average Bonchev–Trinajstić information content (AvgIpc) is 2.93. The SMILES string of the molecule is O=C(Cc1c[nH]c2ccccc12)Nc1ccc(C(=O)N2CCCCCC2)cc1. The molecule has 1 aromatic heterocycles. The summed E-state index contributed by atoms with van der Waals surface area (Å²) in [6, 6.07) is 15.2. The summed E-state index contributed by atoms with van der Waals surface area (Å²) in [5, 5.41) is 3.99. The van der Waals surface area contributed by atoms with Gasteiger partial charge in [-0.15, -0.1) is 0 Å². The van der Waals surface area contributed by atoms with E-state index in [2.05, 4.69) is 10.3 Å². The van der Waals surface area contributed by atoms with Gasteiger partial charge in [-0.2, -0.15) is 0 Å². The summed E-state index contributed by atoms with van der Waals surface area (Å²) in [6.45, 7) is 1.67. The van der Waals surface area contributed by atoms with Crippen molar-refractivity contribution in [3.05, 3.63) is 65.9 Å². The lowest BCUT2D eigenvalue weighted by Crippen LogP contribution is -2.31. The molecule has 0 unspecified atom stereocenters. The number of para-hydroxylation sites is 1. The molecule has 0 saturated carbocycles. The number of hydrogen-bond acceptors (Lipinski definition) is 2. The van der Waals surface area contributed by atoms with E-state index in [0.29, 0.717) is 17.7 Å². The van der Waals surface area contributed by atoms with E-state index < -0.39 is 0 Å². The van der Waals surface area contributed by atoms with Gasteiger partial charge in [0, 0.05) is 41.4 Å². The first-order valence-corrected chi connectivity index (χ1v) is 9.95. The van der Waals surface area contributed by atoms with Crippen LogP contribution in [0.5, 0.6) is 0 Å². The quantitative estimate of drug-likeness (QED) is 0.711. The predicted octanol–water partition coefficient (Wildman–Crippen LogP) is 4.37. The molecular weight excluding hydrogens is 350 g/mol. The monoisotopic (exact) mass is 375 g/mol. The molecule has 2 aromatic carbocycles. The average molecular weight is 375 g/mol. The first-order chi connectivity index (χ1) is 13.7. The van der Waals surface area contributed by atoms with Gasteiger partial charge in [0.2, 0.25) is 5.91 Å². The van der Waals surface area contributed by atoms with E-state index in [4.69, 9.17) is 0 Å². The summed E-state index contributed by atoms with van der Waals surface area (Å²) >= 11 is 0. The lowest BCUT2D eigenvalue weighted by molar-refractivity contribution is -0.115. The fourth-order valence-corrected chi connectivity index (χ4v) is 3.81. The van der Waals surface area contributed by atoms with Crippen LogP contribution in [0.15, 0.2) is 54.7 Å². The zero-order chi connectivity index (χ0) is 19.3. The molecule has 144 valence electrons. The van der Waals surface area contributed by atoms with Gasteiger partial charge in [0.1, 0.15) is 0 Å². The second-order valence-electron chi connectivity index (χ2n) is 7.37. The number of carbonyl (C=O) groups excluding carboxylic acids is 2. The van der Waals surface area contributed by atoms with Crippen molar-refractivity contribution in [3.63, 3.8) is 0 Å². The zero-order valence-electron chi connectivity index (χ0n) is 15.9. The van der Waals surface area contributed by atoms with E-state index in [1.807, 2.05) is 35.4 Å². The van der Waals surface area contributed by atoms with Crippen LogP contribution in [0.25, 0.3) is 10.9 Å². The maximum atomic E-state index is 12.7. The van der Waals surface area contributed by atoms with Gasteiger partial charge in [-0.1, -0.05) is 31.0 Å². The first-order valence-electron chi connectivity index (χ1n) is 9.95. The maximum absolute atomic E-state index is 12.7. The van der Waals surface area contributed by atoms with Gasteiger partial charge in [-0.3, -0.25) is 9.59 Å². The number of hydrogen-bond donors (Lipinski definition) is 2. The van der Waals surface area contributed by atoms with Gasteiger partial charge in [0.15, 0.2) is 0 Å². The molecule has 2 amide bonds. The third kappa shape index (κ3) is 4.09. The number of anilines is 1. The highest BCUT2D eigenvalue weighted by Gasteiger charge is 2.17. The molecule has 1 saturated heterocycles. The van der Waals surface area contributed by atoms with Crippen LogP contribution < -0.4 is 5.32 Å². The molecule has 5 heteroatoms. The number of fused-ring (bicyclic) bond motifs is 1. The van der Waals surface area contributed by atoms with Crippen molar-refractivity contribution >= 4 is 28.4 Å². The standard InChI is InChI=1S/C23H25N3O2/c27-22(15-18-16-24-21-8-4-3-7-20(18)21)25-19-11-9-17(10-12-19)23(28)26-13-5-1-2-6-14-26/h3-4,7-12,16,24H,1-2,5-6,13-15H2,(H,25,27). The number of aromatic amines is 1. The van der Waals surface area contributed by atoms with E-state index in [0.717, 1.165) is 42.4 Å². The molecule has 2 N–H and O–H groups in total. The van der Waals surface area contributed by atoms with E-state index >= 15 is 0 Å². The molecule has 0 spiro atoms. The number of carbonyl (C=O) groups is 2. The smallest absolute Gasteiger partial charge is 0.253 e. The van der Waals surface area contributed by atoms with Crippen LogP contribution in [0.1, 0.15) is 41.6 Å². The van der Waals surface area contributed by atoms with Gasteiger partial charge in [0.25, 0.3) is 5.91 Å². The van der Waals surface area contributed by atoms with Crippen LogP contribution in [0.4, 0.5) is 5.69 Å². The Kier molecular flexibility index (Phi) is 5.42. The van der Waals surface area contributed by atoms with Crippen molar-refractivity contribution in [3.8, 4) is 0 Å². The van der Waals surface area contributed by atoms with Gasteiger partial charge >= 0.3 is 0 Å². The van der Waals surface area contributed by atoms with Crippen LogP contribution in [0.2, 0.25) is 0 Å². The molecule has 0 bridgehead atoms. The lowest BCUT2D eigenvalue weighted by atomic mass is 10.1. The van der Waals surface area contributed by atoms with E-state index in [-0.39, 0.29) is 11.8 Å². The Labute approximate surface area is 164 Å². The minimum Gasteiger partial charge on any atom is -0.361 e. The fraction of sp³-hybridized carbons (Fsp3) is 0.304. The summed E-state index contributed by atoms with van der Waals surface area (Å²) in [5.74, 6) is 0.00918. The third-order valence-corrected chi connectivity index (χ3v) is 5.33. The number of nitrogens with zero attached hydrogens (tertiary/aromatic N) is 1. The highest BCUT2D eigenvalue weighted by molar-refractivity contribution is 5.97. The fourth-order valence-electron chi connectivity index (χ4n) is 3.81. The number of benzene rings is 2. The van der Waals surface area contributed by atoms with Crippen molar-refractivity contribution in [2.24, 2.45) is 0 Å². The minimum atomic E-state index is -0.0728. The molecule has 4 rings (SSSR count). The van der Waals surface area contributed by atoms with Gasteiger partial charge < -0.3 is 15.2 Å². The van der Waals surface area contributed by atoms with Crippen LogP contribution in [0.3, 0.4) is 0 Å². The second kappa shape index (κ2) is 8.30. The highest BCUT2D eigenvalue weighted by atomic mass is 16.2. The molecule has 0 aliphatic carbocycles. The number of aromatic nitrogens is 1. The van der Waals surface area contributed by atoms with Crippen molar-refractivity contribution in [1.29, 1.82) is 0 Å². The summed E-state index contributed by atoms with van der Waals surface area (Å²) in [6.07, 6.45) is 6.74. The van der Waals surface area contributed by atoms with Crippen molar-refractivity contribution in [2.45, 2.75) is 32.1 Å². The summed E-state index contributed by atoms with van der Waals surface area (Å²) in [7, 11) is 0. The molecule has 1 fully saturated rings. The third-order valence-electron chi connectivity index (χ3n) is 5.33. The predicted molar refractivity (Wildman–Crippen MR) is 111 cm³/mol. The zero-order valence-corrected chi connectivity index (χ0v) is 15.9. The van der Waals surface area contributed by atoms with Crippen molar-refractivity contribution < 1.29 is 9.59 Å². The number of amides is 2. The molecule has 5 nitrogen and oxygen atoms in total. The molecule has 1 aliphatic heterocycles. The number of likely N-dealkylation sites (tertiary alicyclic amines) is 1. The first kappa shape index (κ1) is 18.3. The van der Waals surface area contributed by atoms with Gasteiger partial charge in [-0.05, 0) is 48.7 Å². The van der Waals surface area contributed by atoms with Crippen molar-refractivity contribution in [2.75, 3.05) is 18.4 Å². The Morgan fingerprint density at radius 1 is 0.929 bits per heavy atom. The Balaban J connectivity index is 1.38. The lowest BCUT2D eigenvalue weighted by Gasteiger charge is -2.20. The highest BCUT2D eigenvalue weighted by Crippen LogP contribution is 2.19. The minimum absolute atomic E-state index is 0.0728. The molecule has 3 aromatic rings. The molecular formula is C23H25N3O2. The Bertz CT molecular complexity index is 967. The van der Waals surface area contributed by atoms with Crippen LogP contribution in [-0.4, -0.2) is 34.8 Å². The van der Waals surface area contributed by atoms with E-state index in [9.17, 15) is 9.59 Å². The van der Waals surface area contributed by atoms with Crippen LogP contribution in [0, 0.1) is 0 Å². The molecule has 0 radical (unpaired) electrons. The van der Waals surface area contributed by atoms with Gasteiger partial charge in [0.05, 0.1) is 6.42 Å². The molecule has 1 aliphatic rings. The van der Waals surface area contributed by atoms with E-state index in [1.165, 1.54) is 12.8 Å². The molecule has 2 heterocycles. The summed E-state index contributed by atoms with van der Waals surface area (Å²) in [5.41, 5.74) is 3.39. The Morgan fingerprint density at radius 3 is 2.39 bits per heavy atom.